The van der Waals surface area contributed by atoms with Crippen molar-refractivity contribution in [1.82, 2.24) is 4.90 Å². The van der Waals surface area contributed by atoms with Crippen LogP contribution >= 0.6 is 0 Å². The molecule has 17 heavy (non-hydrogen) atoms. The van der Waals surface area contributed by atoms with Crippen molar-refractivity contribution >= 4 is 0 Å². The maximum Gasteiger partial charge on any atom is 0.00955 e. The fourth-order valence-corrected chi connectivity index (χ4v) is 3.76. The SMILES string of the molecule is CCC1CCC(N2CCC(N)C(CC)C2)CC1. The van der Waals surface area contributed by atoms with Crippen molar-refractivity contribution in [2.75, 3.05) is 13.1 Å². The molecule has 2 aliphatic rings. The molecular weight excluding hydrogens is 208 g/mol. The van der Waals surface area contributed by atoms with Crippen LogP contribution in [0.2, 0.25) is 0 Å². The maximum atomic E-state index is 6.20. The summed E-state index contributed by atoms with van der Waals surface area (Å²) in [7, 11) is 0. The van der Waals surface area contributed by atoms with Gasteiger partial charge in [-0.1, -0.05) is 26.7 Å². The standard InChI is InChI=1S/C15H30N2/c1-3-12-5-7-14(8-6-12)17-10-9-15(16)13(4-2)11-17/h12-15H,3-11,16H2,1-2H3. The Morgan fingerprint density at radius 1 is 1.00 bits per heavy atom. The second-order valence-electron chi connectivity index (χ2n) is 6.20. The Hall–Kier alpha value is -0.0800. The molecule has 100 valence electrons. The number of rotatable bonds is 3. The number of piperidine rings is 1. The highest BCUT2D eigenvalue weighted by Crippen LogP contribution is 2.31. The van der Waals surface area contributed by atoms with E-state index in [2.05, 4.69) is 18.7 Å². The molecule has 1 saturated heterocycles. The topological polar surface area (TPSA) is 29.3 Å². The number of hydrogen-bond donors (Lipinski definition) is 1. The van der Waals surface area contributed by atoms with Gasteiger partial charge in [0.05, 0.1) is 0 Å². The molecule has 2 rings (SSSR count). The Balaban J connectivity index is 1.83. The summed E-state index contributed by atoms with van der Waals surface area (Å²) in [4.78, 5) is 2.75. The van der Waals surface area contributed by atoms with Gasteiger partial charge in [-0.3, -0.25) is 4.90 Å². The summed E-state index contributed by atoms with van der Waals surface area (Å²) >= 11 is 0. The Kier molecular flexibility index (Phi) is 4.87. The minimum Gasteiger partial charge on any atom is -0.327 e. The van der Waals surface area contributed by atoms with E-state index in [9.17, 15) is 0 Å². The third-order valence-electron chi connectivity index (χ3n) is 5.26. The van der Waals surface area contributed by atoms with Crippen molar-refractivity contribution in [1.29, 1.82) is 0 Å². The first-order valence-electron chi connectivity index (χ1n) is 7.74. The molecule has 0 aromatic carbocycles. The van der Waals surface area contributed by atoms with Crippen molar-refractivity contribution in [2.24, 2.45) is 17.6 Å². The lowest BCUT2D eigenvalue weighted by Crippen LogP contribution is -2.51. The second kappa shape index (κ2) is 6.19. The van der Waals surface area contributed by atoms with Gasteiger partial charge in [0.2, 0.25) is 0 Å². The lowest BCUT2D eigenvalue weighted by molar-refractivity contribution is 0.0753. The van der Waals surface area contributed by atoms with Gasteiger partial charge in [-0.25, -0.2) is 0 Å². The molecule has 2 atom stereocenters. The smallest absolute Gasteiger partial charge is 0.00955 e. The van der Waals surface area contributed by atoms with Gasteiger partial charge in [0.1, 0.15) is 0 Å². The van der Waals surface area contributed by atoms with Crippen LogP contribution in [0.4, 0.5) is 0 Å². The molecule has 1 saturated carbocycles. The summed E-state index contributed by atoms with van der Waals surface area (Å²) in [5.74, 6) is 1.76. The summed E-state index contributed by atoms with van der Waals surface area (Å²) < 4.78 is 0. The number of likely N-dealkylation sites (tertiary alicyclic amines) is 1. The molecule has 2 fully saturated rings. The van der Waals surface area contributed by atoms with Crippen LogP contribution in [0.3, 0.4) is 0 Å². The third kappa shape index (κ3) is 3.23. The molecule has 1 aliphatic carbocycles. The van der Waals surface area contributed by atoms with Crippen molar-refractivity contribution in [3.05, 3.63) is 0 Å². The highest BCUT2D eigenvalue weighted by molar-refractivity contribution is 4.87. The van der Waals surface area contributed by atoms with Gasteiger partial charge in [-0.15, -0.1) is 0 Å². The van der Waals surface area contributed by atoms with Gasteiger partial charge >= 0.3 is 0 Å². The van der Waals surface area contributed by atoms with E-state index in [4.69, 9.17) is 5.73 Å². The van der Waals surface area contributed by atoms with E-state index < -0.39 is 0 Å². The highest BCUT2D eigenvalue weighted by atomic mass is 15.2. The van der Waals surface area contributed by atoms with Gasteiger partial charge < -0.3 is 5.73 Å². The minimum atomic E-state index is 0.461. The van der Waals surface area contributed by atoms with Gasteiger partial charge in [-0.2, -0.15) is 0 Å². The zero-order valence-electron chi connectivity index (χ0n) is 11.7. The summed E-state index contributed by atoms with van der Waals surface area (Å²) in [5, 5.41) is 0. The van der Waals surface area contributed by atoms with Gasteiger partial charge in [0.25, 0.3) is 0 Å². The number of nitrogens with two attached hydrogens (primary N) is 1. The van der Waals surface area contributed by atoms with Crippen LogP contribution in [0.25, 0.3) is 0 Å². The zero-order chi connectivity index (χ0) is 12.3. The fourth-order valence-electron chi connectivity index (χ4n) is 3.76. The molecule has 0 amide bonds. The van der Waals surface area contributed by atoms with Crippen molar-refractivity contribution in [3.63, 3.8) is 0 Å². The molecule has 0 radical (unpaired) electrons. The van der Waals surface area contributed by atoms with E-state index in [1.807, 2.05) is 0 Å². The van der Waals surface area contributed by atoms with Crippen LogP contribution in [-0.4, -0.2) is 30.1 Å². The van der Waals surface area contributed by atoms with E-state index in [-0.39, 0.29) is 0 Å². The first-order chi connectivity index (χ1) is 8.24. The summed E-state index contributed by atoms with van der Waals surface area (Å²) in [5.41, 5.74) is 6.20. The average molecular weight is 238 g/mol. The van der Waals surface area contributed by atoms with Crippen molar-refractivity contribution in [3.8, 4) is 0 Å². The fraction of sp³-hybridized carbons (Fsp3) is 1.00. The van der Waals surface area contributed by atoms with E-state index in [1.54, 1.807) is 0 Å². The largest absolute Gasteiger partial charge is 0.327 e. The predicted molar refractivity (Wildman–Crippen MR) is 74.0 cm³/mol. The first-order valence-corrected chi connectivity index (χ1v) is 7.74. The monoisotopic (exact) mass is 238 g/mol. The Labute approximate surface area is 107 Å². The van der Waals surface area contributed by atoms with E-state index >= 15 is 0 Å². The van der Waals surface area contributed by atoms with E-state index in [0.29, 0.717) is 6.04 Å². The lowest BCUT2D eigenvalue weighted by Gasteiger charge is -2.43. The molecule has 0 aromatic heterocycles. The molecule has 2 heteroatoms. The molecule has 0 spiro atoms. The van der Waals surface area contributed by atoms with Crippen molar-refractivity contribution in [2.45, 2.75) is 70.9 Å². The van der Waals surface area contributed by atoms with Gasteiger partial charge in [0.15, 0.2) is 0 Å². The molecule has 0 bridgehead atoms. The molecule has 2 N–H and O–H groups in total. The minimum absolute atomic E-state index is 0.461. The van der Waals surface area contributed by atoms with Gasteiger partial charge in [0, 0.05) is 18.6 Å². The summed E-state index contributed by atoms with van der Waals surface area (Å²) in [6.07, 6.45) is 9.64. The normalized spacial score (nSPS) is 40.4. The predicted octanol–water partition coefficient (Wildman–Crippen LogP) is 3.01. The first kappa shape index (κ1) is 13.4. The summed E-state index contributed by atoms with van der Waals surface area (Å²) in [6.45, 7) is 7.15. The van der Waals surface area contributed by atoms with Gasteiger partial charge in [-0.05, 0) is 50.5 Å². The Bertz CT molecular complexity index is 221. The van der Waals surface area contributed by atoms with Crippen LogP contribution in [0.5, 0.6) is 0 Å². The van der Waals surface area contributed by atoms with Crippen LogP contribution < -0.4 is 5.73 Å². The average Bonchev–Trinajstić information content (AvgIpc) is 2.39. The van der Waals surface area contributed by atoms with E-state index in [0.717, 1.165) is 17.9 Å². The molecule has 1 aliphatic heterocycles. The second-order valence-corrected chi connectivity index (χ2v) is 6.20. The Morgan fingerprint density at radius 3 is 2.29 bits per heavy atom. The maximum absolute atomic E-state index is 6.20. The highest BCUT2D eigenvalue weighted by Gasteiger charge is 2.31. The van der Waals surface area contributed by atoms with E-state index in [1.165, 1.54) is 58.0 Å². The number of nitrogens with zero attached hydrogens (tertiary/aromatic N) is 1. The molecular formula is C15H30N2. The zero-order valence-corrected chi connectivity index (χ0v) is 11.7. The van der Waals surface area contributed by atoms with Crippen LogP contribution in [0, 0.1) is 11.8 Å². The lowest BCUT2D eigenvalue weighted by atomic mass is 9.82. The van der Waals surface area contributed by atoms with Crippen molar-refractivity contribution < 1.29 is 0 Å². The molecule has 2 unspecified atom stereocenters. The third-order valence-corrected chi connectivity index (χ3v) is 5.26. The van der Waals surface area contributed by atoms with Crippen LogP contribution in [0.1, 0.15) is 58.8 Å². The molecule has 2 nitrogen and oxygen atoms in total. The summed E-state index contributed by atoms with van der Waals surface area (Å²) in [6, 6.07) is 1.34. The molecule has 1 heterocycles. The Morgan fingerprint density at radius 2 is 1.71 bits per heavy atom. The number of hydrogen-bond acceptors (Lipinski definition) is 2. The van der Waals surface area contributed by atoms with Crippen LogP contribution in [-0.2, 0) is 0 Å². The van der Waals surface area contributed by atoms with Crippen LogP contribution in [0.15, 0.2) is 0 Å². The molecule has 0 aromatic rings. The quantitative estimate of drug-likeness (QED) is 0.819.